The van der Waals surface area contributed by atoms with Gasteiger partial charge in [0.05, 0.1) is 0 Å². The number of hydrogen-bond acceptors (Lipinski definition) is 2. The zero-order valence-electron chi connectivity index (χ0n) is 11.6. The third-order valence-electron chi connectivity index (χ3n) is 2.84. The van der Waals surface area contributed by atoms with Gasteiger partial charge in [0.15, 0.2) is 0 Å². The van der Waals surface area contributed by atoms with Gasteiger partial charge in [-0.1, -0.05) is 58.5 Å². The van der Waals surface area contributed by atoms with Crippen molar-refractivity contribution < 1.29 is 0 Å². The number of thioether (sulfide) groups is 2. The fraction of sp³-hybridized carbons (Fsp3) is 0.250. The van der Waals surface area contributed by atoms with E-state index in [0.717, 1.165) is 17.9 Å². The van der Waals surface area contributed by atoms with E-state index in [9.17, 15) is 0 Å². The van der Waals surface area contributed by atoms with E-state index in [-0.39, 0.29) is 0 Å². The number of allylic oxidation sites excluding steroid dienone is 2. The first-order valence-electron chi connectivity index (χ1n) is 6.91. The monoisotopic (exact) mass is 332 g/mol. The number of hydrogen-bond donors (Lipinski definition) is 0. The second kappa shape index (κ2) is 10.3. The molecule has 0 aromatic carbocycles. The Balaban J connectivity index is 2.20. The van der Waals surface area contributed by atoms with Crippen LogP contribution < -0.4 is 0 Å². The van der Waals surface area contributed by atoms with Crippen LogP contribution in [0.15, 0.2) is 69.3 Å². The molecular weight excluding hydrogens is 312 g/mol. The summed E-state index contributed by atoms with van der Waals surface area (Å²) in [6.07, 6.45) is 11.7. The summed E-state index contributed by atoms with van der Waals surface area (Å²) < 4.78 is 0. The Morgan fingerprint density at radius 3 is 1.55 bits per heavy atom. The molecule has 0 aromatic heterocycles. The number of fused-ring (bicyclic) bond motifs is 9. The molecule has 4 heteroatoms. The standard InChI is InChI=1S/C16H20S2Si2/c1-2-4-12-20-15-9-17-7-5-13-19(11-3-1)14-6-8-18-10-16-20/h3-6,9-16H,1-2,7-8H2/b11-3-,12-4-,13-5-,14-6-,15-9-,16-10+. The molecule has 0 nitrogen and oxygen atoms in total. The van der Waals surface area contributed by atoms with Crippen molar-refractivity contribution in [3.05, 3.63) is 69.3 Å². The normalized spacial score (nSPS) is 31.8. The highest BCUT2D eigenvalue weighted by Gasteiger charge is 2.00. The fourth-order valence-corrected chi connectivity index (χ4v) is 7.14. The van der Waals surface area contributed by atoms with Crippen LogP contribution in [0.1, 0.15) is 12.8 Å². The van der Waals surface area contributed by atoms with Gasteiger partial charge < -0.3 is 0 Å². The Morgan fingerprint density at radius 2 is 1.00 bits per heavy atom. The summed E-state index contributed by atoms with van der Waals surface area (Å²) in [6.45, 7) is 0. The third-order valence-corrected chi connectivity index (χ3v) is 8.34. The first-order chi connectivity index (χ1) is 9.95. The number of rotatable bonds is 0. The van der Waals surface area contributed by atoms with Crippen molar-refractivity contribution in [3.8, 4) is 0 Å². The predicted octanol–water partition coefficient (Wildman–Crippen LogP) is 4.74. The quantitative estimate of drug-likeness (QED) is 0.588. The molecular formula is C16H20S2Si2. The molecule has 0 aromatic rings. The Labute approximate surface area is 134 Å². The highest BCUT2D eigenvalue weighted by molar-refractivity contribution is 8.02. The highest BCUT2D eigenvalue weighted by Crippen LogP contribution is 2.10. The van der Waals surface area contributed by atoms with Crippen molar-refractivity contribution in [1.29, 1.82) is 0 Å². The lowest BCUT2D eigenvalue weighted by molar-refractivity contribution is 1.06. The zero-order chi connectivity index (χ0) is 13.9. The van der Waals surface area contributed by atoms with Crippen LogP contribution >= 0.6 is 23.5 Å². The smallest absolute Gasteiger partial charge is 0.131 e. The molecule has 20 heavy (non-hydrogen) atoms. The van der Waals surface area contributed by atoms with Crippen LogP contribution in [-0.4, -0.2) is 29.1 Å². The molecule has 3 aliphatic heterocycles. The van der Waals surface area contributed by atoms with Gasteiger partial charge in [-0.25, -0.2) is 0 Å². The minimum absolute atomic E-state index is 0.596. The summed E-state index contributed by atoms with van der Waals surface area (Å²) >= 11 is 3.80. The molecule has 3 heterocycles. The summed E-state index contributed by atoms with van der Waals surface area (Å²) in [7, 11) is -1.21. The van der Waals surface area contributed by atoms with Gasteiger partial charge in [-0.15, -0.1) is 23.5 Å². The van der Waals surface area contributed by atoms with E-state index in [2.05, 4.69) is 69.3 Å². The first kappa shape index (κ1) is 16.0. The lowest BCUT2D eigenvalue weighted by Crippen LogP contribution is -2.03. The molecule has 3 aliphatic rings. The molecule has 0 aliphatic carbocycles. The zero-order valence-corrected chi connectivity index (χ0v) is 15.2. The SMILES string of the molecule is C1=C\[Si]2/C=C\CS/C=C\[Si](/C=C\CC/1)/C=C/SC/C=C\2. The average Bonchev–Trinajstić information content (AvgIpc) is 2.47. The Bertz CT molecular complexity index is 339. The molecule has 0 fully saturated rings. The van der Waals surface area contributed by atoms with Crippen molar-refractivity contribution in [3.63, 3.8) is 0 Å². The van der Waals surface area contributed by atoms with Crippen LogP contribution in [-0.2, 0) is 0 Å². The van der Waals surface area contributed by atoms with Gasteiger partial charge in [0.1, 0.15) is 17.6 Å². The van der Waals surface area contributed by atoms with E-state index in [1.807, 2.05) is 23.5 Å². The van der Waals surface area contributed by atoms with Crippen LogP contribution in [0.25, 0.3) is 0 Å². The molecule has 0 atom stereocenters. The molecule has 2 radical (unpaired) electrons. The topological polar surface area (TPSA) is 0 Å². The van der Waals surface area contributed by atoms with E-state index < -0.39 is 17.6 Å². The van der Waals surface area contributed by atoms with Gasteiger partial charge >= 0.3 is 0 Å². The van der Waals surface area contributed by atoms with Crippen LogP contribution in [0.2, 0.25) is 0 Å². The molecule has 0 N–H and O–H groups in total. The van der Waals surface area contributed by atoms with E-state index >= 15 is 0 Å². The van der Waals surface area contributed by atoms with Crippen molar-refractivity contribution in [1.82, 2.24) is 0 Å². The minimum atomic E-state index is -0.611. The molecule has 0 saturated heterocycles. The van der Waals surface area contributed by atoms with Gasteiger partial charge in [0.2, 0.25) is 0 Å². The fourth-order valence-electron chi connectivity index (χ4n) is 1.81. The van der Waals surface area contributed by atoms with Gasteiger partial charge in [-0.05, 0) is 23.7 Å². The van der Waals surface area contributed by atoms with E-state index in [4.69, 9.17) is 0 Å². The van der Waals surface area contributed by atoms with Gasteiger partial charge in [-0.2, -0.15) is 0 Å². The maximum Gasteiger partial charge on any atom is 0.132 e. The molecule has 2 bridgehead atoms. The second-order valence-corrected chi connectivity index (χ2v) is 10.3. The van der Waals surface area contributed by atoms with Gasteiger partial charge in [-0.3, -0.25) is 0 Å². The van der Waals surface area contributed by atoms with E-state index in [1.54, 1.807) is 0 Å². The summed E-state index contributed by atoms with van der Waals surface area (Å²) in [5.74, 6) is 2.17. The summed E-state index contributed by atoms with van der Waals surface area (Å²) in [6, 6.07) is 0. The minimum Gasteiger partial charge on any atom is -0.131 e. The van der Waals surface area contributed by atoms with Crippen molar-refractivity contribution >= 4 is 41.1 Å². The molecule has 0 spiro atoms. The lowest BCUT2D eigenvalue weighted by atomic mass is 10.3. The Kier molecular flexibility index (Phi) is 8.23. The Hall–Kier alpha value is -0.426. The Morgan fingerprint density at radius 1 is 0.550 bits per heavy atom. The van der Waals surface area contributed by atoms with Crippen molar-refractivity contribution in [2.24, 2.45) is 0 Å². The maximum absolute atomic E-state index is 2.43. The predicted molar refractivity (Wildman–Crippen MR) is 100 cm³/mol. The van der Waals surface area contributed by atoms with Gasteiger partial charge in [0.25, 0.3) is 0 Å². The van der Waals surface area contributed by atoms with E-state index in [1.165, 1.54) is 6.42 Å². The van der Waals surface area contributed by atoms with Gasteiger partial charge in [0, 0.05) is 11.5 Å². The van der Waals surface area contributed by atoms with Crippen LogP contribution in [0.4, 0.5) is 0 Å². The van der Waals surface area contributed by atoms with Crippen LogP contribution in [0.5, 0.6) is 0 Å². The van der Waals surface area contributed by atoms with E-state index in [0.29, 0.717) is 0 Å². The molecule has 104 valence electrons. The summed E-state index contributed by atoms with van der Waals surface area (Å²) in [4.78, 5) is 0. The third kappa shape index (κ3) is 6.84. The lowest BCUT2D eigenvalue weighted by Gasteiger charge is -2.02. The highest BCUT2D eigenvalue weighted by atomic mass is 32.2. The van der Waals surface area contributed by atoms with Crippen molar-refractivity contribution in [2.75, 3.05) is 11.5 Å². The maximum atomic E-state index is 2.43. The first-order valence-corrected chi connectivity index (χ1v) is 12.5. The summed E-state index contributed by atoms with van der Waals surface area (Å²) in [5.41, 5.74) is 14.5. The molecule has 3 rings (SSSR count). The van der Waals surface area contributed by atoms with Crippen LogP contribution in [0, 0.1) is 0 Å². The largest absolute Gasteiger partial charge is 0.132 e. The molecule has 0 unspecified atom stereocenters. The second-order valence-electron chi connectivity index (χ2n) is 4.46. The van der Waals surface area contributed by atoms with Crippen LogP contribution in [0.3, 0.4) is 0 Å². The average molecular weight is 333 g/mol. The molecule has 0 saturated carbocycles. The summed E-state index contributed by atoms with van der Waals surface area (Å²) in [5, 5.41) is 4.57. The molecule has 0 amide bonds. The van der Waals surface area contributed by atoms with Crippen molar-refractivity contribution in [2.45, 2.75) is 12.8 Å².